The minimum atomic E-state index is 0.397. The maximum Gasteiger partial charge on any atom is 0.155 e. The van der Waals surface area contributed by atoms with Crippen molar-refractivity contribution in [2.24, 2.45) is 5.34 Å². The van der Waals surface area contributed by atoms with Crippen molar-refractivity contribution in [3.8, 4) is 0 Å². The van der Waals surface area contributed by atoms with Crippen molar-refractivity contribution < 1.29 is 4.84 Å². The van der Waals surface area contributed by atoms with Gasteiger partial charge >= 0.3 is 0 Å². The first-order valence-corrected chi connectivity index (χ1v) is 4.51. The minimum absolute atomic E-state index is 0.397. The first kappa shape index (κ1) is 11.1. The van der Waals surface area contributed by atoms with Gasteiger partial charge in [-0.2, -0.15) is 0 Å². The molecule has 12 heavy (non-hydrogen) atoms. The van der Waals surface area contributed by atoms with Crippen LogP contribution in [0, 0.1) is 4.91 Å². The highest BCUT2D eigenvalue weighted by Crippen LogP contribution is 2.00. The van der Waals surface area contributed by atoms with E-state index >= 15 is 0 Å². The van der Waals surface area contributed by atoms with Crippen molar-refractivity contribution in [1.29, 1.82) is 0 Å². The summed E-state index contributed by atoms with van der Waals surface area (Å²) in [5, 5.41) is 2.30. The number of unbranched alkanes of at least 4 members (excludes halogenated alkanes) is 3. The molecule has 0 N–H and O–H groups in total. The highest BCUT2D eigenvalue weighted by molar-refractivity contribution is 4.80. The van der Waals surface area contributed by atoms with Gasteiger partial charge in [0.25, 0.3) is 0 Å². The lowest BCUT2D eigenvalue weighted by Gasteiger charge is -1.92. The van der Waals surface area contributed by atoms with Crippen LogP contribution in [-0.2, 0) is 4.84 Å². The molecule has 0 aliphatic heterocycles. The average molecular weight is 171 g/mol. The standard InChI is InChI=1S/C9H17NO2/c1-2-3-4-5-6-7-8-9-12-10-11/h6-7H,2-5,8-9H2,1H3. The summed E-state index contributed by atoms with van der Waals surface area (Å²) in [7, 11) is 0. The van der Waals surface area contributed by atoms with Crippen LogP contribution in [0.1, 0.15) is 39.0 Å². The summed E-state index contributed by atoms with van der Waals surface area (Å²) in [4.78, 5) is 13.8. The number of nitrogens with zero attached hydrogens (tertiary/aromatic N) is 1. The molecule has 3 heteroatoms. The van der Waals surface area contributed by atoms with E-state index < -0.39 is 0 Å². The molecule has 0 aliphatic rings. The van der Waals surface area contributed by atoms with E-state index in [1.165, 1.54) is 19.3 Å². The summed E-state index contributed by atoms with van der Waals surface area (Å²) in [5.41, 5.74) is 0. The topological polar surface area (TPSA) is 38.7 Å². The van der Waals surface area contributed by atoms with Crippen LogP contribution in [-0.4, -0.2) is 6.61 Å². The Balaban J connectivity index is 2.98. The van der Waals surface area contributed by atoms with Crippen LogP contribution in [0.15, 0.2) is 17.5 Å². The van der Waals surface area contributed by atoms with Gasteiger partial charge < -0.3 is 4.84 Å². The van der Waals surface area contributed by atoms with Gasteiger partial charge in [0.15, 0.2) is 5.34 Å². The molecular weight excluding hydrogens is 154 g/mol. The molecule has 0 heterocycles. The fourth-order valence-electron chi connectivity index (χ4n) is 0.906. The van der Waals surface area contributed by atoms with E-state index in [1.807, 2.05) is 6.08 Å². The maximum absolute atomic E-state index is 9.48. The number of hydrogen-bond acceptors (Lipinski definition) is 3. The summed E-state index contributed by atoms with van der Waals surface area (Å²) in [6, 6.07) is 0. The van der Waals surface area contributed by atoms with Crippen molar-refractivity contribution in [3.63, 3.8) is 0 Å². The number of allylic oxidation sites excluding steroid dienone is 1. The Kier molecular flexibility index (Phi) is 9.41. The number of hydrogen-bond donors (Lipinski definition) is 0. The SMILES string of the molecule is CCCCCC=CCCON=O. The maximum atomic E-state index is 9.48. The Labute approximate surface area is 73.7 Å². The van der Waals surface area contributed by atoms with E-state index in [4.69, 9.17) is 0 Å². The van der Waals surface area contributed by atoms with Gasteiger partial charge in [0, 0.05) is 6.42 Å². The average Bonchev–Trinajstić information content (AvgIpc) is 2.10. The third-order valence-corrected chi connectivity index (χ3v) is 1.57. The Morgan fingerprint density at radius 3 is 2.67 bits per heavy atom. The molecule has 0 rings (SSSR count). The Hall–Kier alpha value is -0.860. The molecule has 0 radical (unpaired) electrons. The van der Waals surface area contributed by atoms with Gasteiger partial charge in [0.1, 0.15) is 6.61 Å². The fourth-order valence-corrected chi connectivity index (χ4v) is 0.906. The summed E-state index contributed by atoms with van der Waals surface area (Å²) in [5.74, 6) is 0. The van der Waals surface area contributed by atoms with Crippen molar-refractivity contribution in [3.05, 3.63) is 17.1 Å². The summed E-state index contributed by atoms with van der Waals surface area (Å²) in [6.07, 6.45) is 9.85. The fraction of sp³-hybridized carbons (Fsp3) is 0.778. The molecule has 0 atom stereocenters. The zero-order valence-corrected chi connectivity index (χ0v) is 7.66. The highest BCUT2D eigenvalue weighted by Gasteiger charge is 1.83. The molecule has 0 spiro atoms. The quantitative estimate of drug-likeness (QED) is 0.243. The van der Waals surface area contributed by atoms with Crippen LogP contribution in [0.3, 0.4) is 0 Å². The zero-order valence-electron chi connectivity index (χ0n) is 7.66. The molecule has 0 aromatic carbocycles. The van der Waals surface area contributed by atoms with Crippen LogP contribution in [0.25, 0.3) is 0 Å². The predicted octanol–water partition coefficient (Wildman–Crippen LogP) is 3.21. The highest BCUT2D eigenvalue weighted by atomic mass is 16.7. The Morgan fingerprint density at radius 1 is 1.25 bits per heavy atom. The Bertz CT molecular complexity index is 124. The summed E-state index contributed by atoms with van der Waals surface area (Å²) >= 11 is 0. The van der Waals surface area contributed by atoms with Crippen LogP contribution in [0.4, 0.5) is 0 Å². The van der Waals surface area contributed by atoms with Gasteiger partial charge in [-0.25, -0.2) is 0 Å². The normalized spacial score (nSPS) is 10.4. The second-order valence-corrected chi connectivity index (χ2v) is 2.66. The predicted molar refractivity (Wildman–Crippen MR) is 49.6 cm³/mol. The molecule has 70 valence electrons. The van der Waals surface area contributed by atoms with E-state index in [0.29, 0.717) is 6.61 Å². The van der Waals surface area contributed by atoms with Gasteiger partial charge in [-0.1, -0.05) is 31.9 Å². The molecule has 0 aromatic rings. The molecule has 0 saturated carbocycles. The van der Waals surface area contributed by atoms with Gasteiger partial charge in [-0.05, 0) is 12.8 Å². The molecule has 0 aromatic heterocycles. The van der Waals surface area contributed by atoms with Crippen molar-refractivity contribution in [2.75, 3.05) is 6.61 Å². The van der Waals surface area contributed by atoms with Gasteiger partial charge in [0.05, 0.1) is 0 Å². The van der Waals surface area contributed by atoms with Crippen LogP contribution in [0.2, 0.25) is 0 Å². The van der Waals surface area contributed by atoms with E-state index in [1.54, 1.807) is 0 Å². The van der Waals surface area contributed by atoms with Crippen molar-refractivity contribution in [2.45, 2.75) is 39.0 Å². The summed E-state index contributed by atoms with van der Waals surface area (Å²) in [6.45, 7) is 2.58. The largest absolute Gasteiger partial charge is 0.364 e. The van der Waals surface area contributed by atoms with Gasteiger partial charge in [0.2, 0.25) is 0 Å². The molecule has 0 fully saturated rings. The number of rotatable bonds is 8. The van der Waals surface area contributed by atoms with Crippen LogP contribution >= 0.6 is 0 Å². The smallest absolute Gasteiger partial charge is 0.155 e. The first-order chi connectivity index (χ1) is 5.91. The third-order valence-electron chi connectivity index (χ3n) is 1.57. The lowest BCUT2D eigenvalue weighted by Crippen LogP contribution is -1.82. The molecule has 0 aliphatic carbocycles. The van der Waals surface area contributed by atoms with E-state index in [2.05, 4.69) is 23.2 Å². The first-order valence-electron chi connectivity index (χ1n) is 4.51. The van der Waals surface area contributed by atoms with Crippen LogP contribution in [0.5, 0.6) is 0 Å². The second kappa shape index (κ2) is 10.1. The summed E-state index contributed by atoms with van der Waals surface area (Å²) < 4.78 is 0. The second-order valence-electron chi connectivity index (χ2n) is 2.66. The van der Waals surface area contributed by atoms with E-state index in [9.17, 15) is 4.91 Å². The van der Waals surface area contributed by atoms with E-state index in [-0.39, 0.29) is 0 Å². The molecule has 0 bridgehead atoms. The van der Waals surface area contributed by atoms with Crippen molar-refractivity contribution >= 4 is 0 Å². The van der Waals surface area contributed by atoms with Gasteiger partial charge in [-0.15, -0.1) is 4.91 Å². The Morgan fingerprint density at radius 2 is 2.00 bits per heavy atom. The van der Waals surface area contributed by atoms with Crippen LogP contribution < -0.4 is 0 Å². The molecule has 0 saturated heterocycles. The molecular formula is C9H17NO2. The lowest BCUT2D eigenvalue weighted by atomic mass is 10.2. The minimum Gasteiger partial charge on any atom is -0.364 e. The molecule has 0 unspecified atom stereocenters. The van der Waals surface area contributed by atoms with Gasteiger partial charge in [-0.3, -0.25) is 0 Å². The third kappa shape index (κ3) is 9.14. The van der Waals surface area contributed by atoms with Crippen molar-refractivity contribution in [1.82, 2.24) is 0 Å². The molecule has 0 amide bonds. The monoisotopic (exact) mass is 171 g/mol. The lowest BCUT2D eigenvalue weighted by molar-refractivity contribution is 0.144. The zero-order chi connectivity index (χ0) is 9.07. The van der Waals surface area contributed by atoms with E-state index in [0.717, 1.165) is 12.8 Å². The molecule has 3 nitrogen and oxygen atoms in total.